The van der Waals surface area contributed by atoms with Crippen molar-refractivity contribution in [3.8, 4) is 5.75 Å². The van der Waals surface area contributed by atoms with Gasteiger partial charge < -0.3 is 19.9 Å². The van der Waals surface area contributed by atoms with Gasteiger partial charge in [-0.3, -0.25) is 4.79 Å². The molecule has 2 aliphatic heterocycles. The number of amides is 1. The molecule has 1 aromatic rings. The second-order valence-corrected chi connectivity index (χ2v) is 6.16. The van der Waals surface area contributed by atoms with Gasteiger partial charge in [0.1, 0.15) is 5.75 Å². The van der Waals surface area contributed by atoms with E-state index >= 15 is 0 Å². The third-order valence-electron chi connectivity index (χ3n) is 4.64. The lowest BCUT2D eigenvalue weighted by Gasteiger charge is -2.37. The molecule has 2 aliphatic rings. The quantitative estimate of drug-likeness (QED) is 0.896. The lowest BCUT2D eigenvalue weighted by atomic mass is 9.89. The molecule has 2 N–H and O–H groups in total. The summed E-state index contributed by atoms with van der Waals surface area (Å²) in [5.41, 5.74) is 0.909. The molecule has 0 radical (unpaired) electrons. The Morgan fingerprint density at radius 2 is 2.32 bits per heavy atom. The third kappa shape index (κ3) is 2.96. The van der Waals surface area contributed by atoms with Crippen LogP contribution in [0, 0.1) is 0 Å². The number of phenols is 1. The van der Waals surface area contributed by atoms with Crippen molar-refractivity contribution in [1.82, 2.24) is 5.32 Å². The number of nitrogens with one attached hydrogen (secondary N) is 1. The van der Waals surface area contributed by atoms with Gasteiger partial charge in [-0.15, -0.1) is 0 Å². The summed E-state index contributed by atoms with van der Waals surface area (Å²) in [6, 6.07) is 5.37. The summed E-state index contributed by atoms with van der Waals surface area (Å²) in [7, 11) is 0. The number of rotatable bonds is 3. The molecular formula is C17H23NO4. The smallest absolute Gasteiger partial charge is 0.255 e. The van der Waals surface area contributed by atoms with Crippen LogP contribution in [0.15, 0.2) is 18.2 Å². The van der Waals surface area contributed by atoms with E-state index in [9.17, 15) is 9.90 Å². The van der Waals surface area contributed by atoms with Gasteiger partial charge in [-0.2, -0.15) is 0 Å². The molecule has 120 valence electrons. The highest BCUT2D eigenvalue weighted by atomic mass is 16.6. The normalized spacial score (nSPS) is 28.0. The van der Waals surface area contributed by atoms with Crippen LogP contribution >= 0.6 is 0 Å². The molecule has 22 heavy (non-hydrogen) atoms. The van der Waals surface area contributed by atoms with Crippen LogP contribution in [0.1, 0.15) is 42.1 Å². The van der Waals surface area contributed by atoms with Crippen LogP contribution in [-0.2, 0) is 15.9 Å². The van der Waals surface area contributed by atoms with Gasteiger partial charge >= 0.3 is 0 Å². The number of aryl methyl sites for hydroxylation is 1. The van der Waals surface area contributed by atoms with E-state index in [0.717, 1.165) is 31.4 Å². The highest BCUT2D eigenvalue weighted by molar-refractivity contribution is 5.97. The summed E-state index contributed by atoms with van der Waals surface area (Å²) < 4.78 is 11.3. The SMILES string of the molecule is CCc1cccc(C(=O)N[C@@H]2CCO[C@@]3(CCOC3)C2)c1O. The molecule has 0 saturated carbocycles. The first-order valence-electron chi connectivity index (χ1n) is 7.97. The first-order chi connectivity index (χ1) is 10.6. The lowest BCUT2D eigenvalue weighted by Crippen LogP contribution is -2.49. The molecule has 0 aromatic heterocycles. The number of ether oxygens (including phenoxy) is 2. The first kappa shape index (κ1) is 15.3. The molecule has 1 spiro atoms. The van der Waals surface area contributed by atoms with Crippen LogP contribution in [0.2, 0.25) is 0 Å². The van der Waals surface area contributed by atoms with Gasteiger partial charge in [0.05, 0.1) is 17.8 Å². The summed E-state index contributed by atoms with van der Waals surface area (Å²) >= 11 is 0. The largest absolute Gasteiger partial charge is 0.507 e. The number of carbonyl (C=O) groups excluding carboxylic acids is 1. The minimum Gasteiger partial charge on any atom is -0.507 e. The van der Waals surface area contributed by atoms with E-state index in [1.165, 1.54) is 0 Å². The Labute approximate surface area is 130 Å². The van der Waals surface area contributed by atoms with E-state index in [2.05, 4.69) is 5.32 Å². The predicted molar refractivity (Wildman–Crippen MR) is 82.1 cm³/mol. The lowest BCUT2D eigenvalue weighted by molar-refractivity contribution is -0.0881. The maximum atomic E-state index is 12.5. The Hall–Kier alpha value is -1.59. The van der Waals surface area contributed by atoms with Crippen molar-refractivity contribution < 1.29 is 19.4 Å². The predicted octanol–water partition coefficient (Wildman–Crippen LogP) is 2.02. The average molecular weight is 305 g/mol. The Morgan fingerprint density at radius 1 is 1.45 bits per heavy atom. The van der Waals surface area contributed by atoms with Crippen LogP contribution in [0.4, 0.5) is 0 Å². The molecule has 0 bridgehead atoms. The molecule has 2 heterocycles. The number of hydrogen-bond acceptors (Lipinski definition) is 4. The molecule has 5 nitrogen and oxygen atoms in total. The standard InChI is InChI=1S/C17H23NO4/c1-2-12-4-3-5-14(15(12)19)16(20)18-13-6-8-22-17(10-13)7-9-21-11-17/h3-5,13,19H,2,6-11H2,1H3,(H,18,20)/t13-,17+/m1/s1. The molecule has 2 saturated heterocycles. The topological polar surface area (TPSA) is 67.8 Å². The number of aromatic hydroxyl groups is 1. The van der Waals surface area contributed by atoms with E-state index in [1.807, 2.05) is 19.1 Å². The fraction of sp³-hybridized carbons (Fsp3) is 0.588. The molecule has 5 heteroatoms. The molecule has 2 atom stereocenters. The summed E-state index contributed by atoms with van der Waals surface area (Å²) in [6.45, 7) is 3.92. The molecule has 3 rings (SSSR count). The molecule has 0 aliphatic carbocycles. The van der Waals surface area contributed by atoms with E-state index < -0.39 is 0 Å². The third-order valence-corrected chi connectivity index (χ3v) is 4.64. The zero-order valence-corrected chi connectivity index (χ0v) is 12.9. The van der Waals surface area contributed by atoms with E-state index in [1.54, 1.807) is 6.07 Å². The number of hydrogen-bond donors (Lipinski definition) is 2. The zero-order chi connectivity index (χ0) is 15.6. The molecule has 2 fully saturated rings. The minimum atomic E-state index is -0.233. The van der Waals surface area contributed by atoms with Crippen molar-refractivity contribution in [3.63, 3.8) is 0 Å². The highest BCUT2D eigenvalue weighted by Crippen LogP contribution is 2.33. The number of carbonyl (C=O) groups is 1. The molecular weight excluding hydrogens is 282 g/mol. The van der Waals surface area contributed by atoms with E-state index in [0.29, 0.717) is 25.2 Å². The van der Waals surface area contributed by atoms with Crippen molar-refractivity contribution in [3.05, 3.63) is 29.3 Å². The van der Waals surface area contributed by atoms with Crippen molar-refractivity contribution in [2.24, 2.45) is 0 Å². The van der Waals surface area contributed by atoms with Crippen molar-refractivity contribution in [2.45, 2.75) is 44.2 Å². The zero-order valence-electron chi connectivity index (χ0n) is 12.9. The number of para-hydroxylation sites is 1. The van der Waals surface area contributed by atoms with Crippen LogP contribution in [0.25, 0.3) is 0 Å². The second kappa shape index (κ2) is 6.26. The average Bonchev–Trinajstić information content (AvgIpc) is 2.95. The summed E-state index contributed by atoms with van der Waals surface area (Å²) in [5, 5.41) is 13.2. The van der Waals surface area contributed by atoms with Crippen molar-refractivity contribution >= 4 is 5.91 Å². The Kier molecular flexibility index (Phi) is 4.36. The summed E-state index contributed by atoms with van der Waals surface area (Å²) in [6.07, 6.45) is 3.15. The van der Waals surface area contributed by atoms with Gasteiger partial charge in [0.15, 0.2) is 0 Å². The monoisotopic (exact) mass is 305 g/mol. The summed E-state index contributed by atoms with van der Waals surface area (Å²) in [4.78, 5) is 12.5. The second-order valence-electron chi connectivity index (χ2n) is 6.16. The fourth-order valence-electron chi connectivity index (χ4n) is 3.34. The molecule has 1 amide bonds. The highest BCUT2D eigenvalue weighted by Gasteiger charge is 2.41. The Balaban J connectivity index is 1.69. The van der Waals surface area contributed by atoms with Crippen LogP contribution < -0.4 is 5.32 Å². The van der Waals surface area contributed by atoms with Crippen molar-refractivity contribution in [1.29, 1.82) is 0 Å². The van der Waals surface area contributed by atoms with Crippen LogP contribution in [-0.4, -0.2) is 42.5 Å². The molecule has 1 aromatic carbocycles. The van der Waals surface area contributed by atoms with Gasteiger partial charge in [0, 0.05) is 25.7 Å². The van der Waals surface area contributed by atoms with E-state index in [-0.39, 0.29) is 23.3 Å². The van der Waals surface area contributed by atoms with Gasteiger partial charge in [-0.25, -0.2) is 0 Å². The fourth-order valence-corrected chi connectivity index (χ4v) is 3.34. The van der Waals surface area contributed by atoms with Crippen LogP contribution in [0.5, 0.6) is 5.75 Å². The summed E-state index contributed by atoms with van der Waals surface area (Å²) in [5.74, 6) is -0.123. The minimum absolute atomic E-state index is 0.0626. The van der Waals surface area contributed by atoms with Gasteiger partial charge in [0.2, 0.25) is 0 Å². The number of phenolic OH excluding ortho intramolecular Hbond substituents is 1. The Morgan fingerprint density at radius 3 is 3.05 bits per heavy atom. The van der Waals surface area contributed by atoms with Gasteiger partial charge in [-0.05, 0) is 30.9 Å². The van der Waals surface area contributed by atoms with Gasteiger partial charge in [-0.1, -0.05) is 19.1 Å². The first-order valence-corrected chi connectivity index (χ1v) is 7.97. The maximum Gasteiger partial charge on any atom is 0.255 e. The molecule has 0 unspecified atom stereocenters. The Bertz CT molecular complexity index is 552. The van der Waals surface area contributed by atoms with Crippen molar-refractivity contribution in [2.75, 3.05) is 19.8 Å². The maximum absolute atomic E-state index is 12.5. The van der Waals surface area contributed by atoms with Gasteiger partial charge in [0.25, 0.3) is 5.91 Å². The van der Waals surface area contributed by atoms with E-state index in [4.69, 9.17) is 9.47 Å². The van der Waals surface area contributed by atoms with Crippen LogP contribution in [0.3, 0.4) is 0 Å². The number of benzene rings is 1.